The van der Waals surface area contributed by atoms with Crippen LogP contribution in [0.5, 0.6) is 0 Å². The van der Waals surface area contributed by atoms with Gasteiger partial charge in [0.05, 0.1) is 5.92 Å². The molecule has 0 radical (unpaired) electrons. The second-order valence-corrected chi connectivity index (χ2v) is 9.44. The molecule has 1 atom stereocenters. The summed E-state index contributed by atoms with van der Waals surface area (Å²) in [6.45, 7) is 5.32. The van der Waals surface area contributed by atoms with Gasteiger partial charge in [0.25, 0.3) is 0 Å². The Hall–Kier alpha value is -1.39. The number of likely N-dealkylation sites (tertiary alicyclic amines) is 2. The van der Waals surface area contributed by atoms with Gasteiger partial charge in [-0.2, -0.15) is 0 Å². The van der Waals surface area contributed by atoms with Crippen molar-refractivity contribution < 1.29 is 4.79 Å². The molecule has 28 heavy (non-hydrogen) atoms. The monoisotopic (exact) mass is 383 g/mol. The first kappa shape index (κ1) is 19.9. The number of nitrogens with zero attached hydrogens (tertiary/aromatic N) is 2. The molecular weight excluding hydrogens is 346 g/mol. The predicted octanol–water partition coefficient (Wildman–Crippen LogP) is 3.42. The van der Waals surface area contributed by atoms with Crippen molar-refractivity contribution in [3.8, 4) is 0 Å². The minimum absolute atomic E-state index is 0.152. The molecule has 1 aliphatic carbocycles. The van der Waals surface area contributed by atoms with Gasteiger partial charge in [0, 0.05) is 24.5 Å². The molecule has 4 heteroatoms. The largest absolute Gasteiger partial charge is 0.355 e. The third-order valence-corrected chi connectivity index (χ3v) is 7.58. The normalized spacial score (nSPS) is 27.0. The summed E-state index contributed by atoms with van der Waals surface area (Å²) in [7, 11) is 2.22. The van der Waals surface area contributed by atoms with Crippen molar-refractivity contribution >= 4 is 5.91 Å². The average molecular weight is 384 g/mol. The van der Waals surface area contributed by atoms with Gasteiger partial charge in [-0.05, 0) is 70.8 Å². The van der Waals surface area contributed by atoms with E-state index < -0.39 is 0 Å². The Labute approximate surface area is 170 Å². The van der Waals surface area contributed by atoms with Crippen LogP contribution < -0.4 is 5.32 Å². The van der Waals surface area contributed by atoms with Gasteiger partial charge in [0.1, 0.15) is 0 Å². The molecule has 1 N–H and O–H groups in total. The zero-order valence-electron chi connectivity index (χ0n) is 17.5. The third-order valence-electron chi connectivity index (χ3n) is 7.58. The number of carbonyl (C=O) groups is 1. The summed E-state index contributed by atoms with van der Waals surface area (Å²) in [6, 6.07) is 11.5. The average Bonchev–Trinajstić information content (AvgIpc) is 3.23. The topological polar surface area (TPSA) is 35.6 Å². The van der Waals surface area contributed by atoms with E-state index in [0.29, 0.717) is 11.9 Å². The van der Waals surface area contributed by atoms with Crippen LogP contribution in [0.2, 0.25) is 0 Å². The Balaban J connectivity index is 1.34. The molecule has 3 fully saturated rings. The molecular formula is C24H37N3O. The van der Waals surface area contributed by atoms with Crippen LogP contribution in [-0.2, 0) is 10.2 Å². The first-order valence-corrected chi connectivity index (χ1v) is 11.4. The molecule has 154 valence electrons. The Morgan fingerprint density at radius 2 is 1.75 bits per heavy atom. The van der Waals surface area contributed by atoms with Gasteiger partial charge >= 0.3 is 0 Å². The molecule has 1 aromatic carbocycles. The smallest absolute Gasteiger partial charge is 0.224 e. The lowest BCUT2D eigenvalue weighted by Gasteiger charge is -2.41. The molecule has 3 aliphatic rings. The summed E-state index contributed by atoms with van der Waals surface area (Å²) in [5.41, 5.74) is 1.56. The summed E-state index contributed by atoms with van der Waals surface area (Å²) in [6.07, 6.45) is 9.66. The van der Waals surface area contributed by atoms with Gasteiger partial charge in [-0.3, -0.25) is 9.69 Å². The van der Waals surface area contributed by atoms with E-state index in [4.69, 9.17) is 0 Å². The van der Waals surface area contributed by atoms with E-state index in [9.17, 15) is 4.79 Å². The molecule has 0 spiro atoms. The van der Waals surface area contributed by atoms with Crippen LogP contribution in [0.25, 0.3) is 0 Å². The van der Waals surface area contributed by atoms with Crippen LogP contribution in [0, 0.1) is 5.92 Å². The quantitative estimate of drug-likeness (QED) is 0.846. The van der Waals surface area contributed by atoms with Crippen molar-refractivity contribution in [3.05, 3.63) is 35.9 Å². The van der Waals surface area contributed by atoms with E-state index in [1.807, 2.05) is 0 Å². The highest BCUT2D eigenvalue weighted by Gasteiger charge is 2.37. The standard InChI is InChI=1S/C24H37N3O/c1-26-16-11-22(12-17-26)27-15-7-8-20(18-27)23(28)25-19-24(13-5-6-14-24)21-9-3-2-4-10-21/h2-4,9-10,20,22H,5-8,11-19H2,1H3,(H,25,28). The lowest BCUT2D eigenvalue weighted by Crippen LogP contribution is -2.51. The molecule has 4 nitrogen and oxygen atoms in total. The van der Waals surface area contributed by atoms with Crippen molar-refractivity contribution in [1.82, 2.24) is 15.1 Å². The fraction of sp³-hybridized carbons (Fsp3) is 0.708. The summed E-state index contributed by atoms with van der Waals surface area (Å²) >= 11 is 0. The molecule has 2 aliphatic heterocycles. The van der Waals surface area contributed by atoms with Gasteiger partial charge in [-0.15, -0.1) is 0 Å². The summed E-state index contributed by atoms with van der Waals surface area (Å²) < 4.78 is 0. The van der Waals surface area contributed by atoms with E-state index in [1.165, 1.54) is 63.7 Å². The fourth-order valence-electron chi connectivity index (χ4n) is 5.72. The molecule has 2 heterocycles. The lowest BCUT2D eigenvalue weighted by atomic mass is 9.78. The molecule has 0 bridgehead atoms. The van der Waals surface area contributed by atoms with Gasteiger partial charge in [0.15, 0.2) is 0 Å². The van der Waals surface area contributed by atoms with E-state index in [2.05, 4.69) is 52.5 Å². The van der Waals surface area contributed by atoms with Crippen molar-refractivity contribution in [2.75, 3.05) is 39.8 Å². The van der Waals surface area contributed by atoms with Crippen molar-refractivity contribution in [2.24, 2.45) is 5.92 Å². The molecule has 2 saturated heterocycles. The molecule has 1 amide bonds. The van der Waals surface area contributed by atoms with Crippen LogP contribution in [0.4, 0.5) is 0 Å². The van der Waals surface area contributed by atoms with Gasteiger partial charge in [0.2, 0.25) is 5.91 Å². The maximum atomic E-state index is 13.1. The van der Waals surface area contributed by atoms with E-state index in [-0.39, 0.29) is 11.3 Å². The second-order valence-electron chi connectivity index (χ2n) is 9.44. The number of amides is 1. The number of hydrogen-bond donors (Lipinski definition) is 1. The Bertz CT molecular complexity index is 633. The highest BCUT2D eigenvalue weighted by atomic mass is 16.1. The minimum Gasteiger partial charge on any atom is -0.355 e. The predicted molar refractivity (Wildman–Crippen MR) is 114 cm³/mol. The zero-order chi connectivity index (χ0) is 19.4. The lowest BCUT2D eigenvalue weighted by molar-refractivity contribution is -0.127. The SMILES string of the molecule is CN1CCC(N2CCCC(C(=O)NCC3(c4ccccc4)CCCC3)C2)CC1. The van der Waals surface area contributed by atoms with Gasteiger partial charge in [-0.1, -0.05) is 43.2 Å². The number of benzene rings is 1. The highest BCUT2D eigenvalue weighted by molar-refractivity contribution is 5.79. The Kier molecular flexibility index (Phi) is 6.37. The van der Waals surface area contributed by atoms with Crippen LogP contribution in [0.3, 0.4) is 0 Å². The summed E-state index contributed by atoms with van der Waals surface area (Å²) in [4.78, 5) is 18.1. The number of hydrogen-bond acceptors (Lipinski definition) is 3. The van der Waals surface area contributed by atoms with Crippen molar-refractivity contribution in [3.63, 3.8) is 0 Å². The second kappa shape index (κ2) is 8.96. The first-order valence-electron chi connectivity index (χ1n) is 11.4. The summed E-state index contributed by atoms with van der Waals surface area (Å²) in [5.74, 6) is 0.461. The Morgan fingerprint density at radius 1 is 1.04 bits per heavy atom. The first-order chi connectivity index (χ1) is 13.7. The summed E-state index contributed by atoms with van der Waals surface area (Å²) in [5, 5.41) is 3.39. The van der Waals surface area contributed by atoms with Crippen LogP contribution in [0.15, 0.2) is 30.3 Å². The zero-order valence-corrected chi connectivity index (χ0v) is 17.5. The van der Waals surface area contributed by atoms with Crippen molar-refractivity contribution in [1.29, 1.82) is 0 Å². The maximum absolute atomic E-state index is 13.1. The van der Waals surface area contributed by atoms with Crippen molar-refractivity contribution in [2.45, 2.75) is 62.8 Å². The fourth-order valence-corrected chi connectivity index (χ4v) is 5.72. The third kappa shape index (κ3) is 4.44. The number of rotatable bonds is 5. The molecule has 1 aromatic rings. The van der Waals surface area contributed by atoms with Crippen LogP contribution >= 0.6 is 0 Å². The number of carbonyl (C=O) groups excluding carboxylic acids is 1. The van der Waals surface area contributed by atoms with E-state index in [0.717, 1.165) is 25.9 Å². The van der Waals surface area contributed by atoms with Crippen LogP contribution in [0.1, 0.15) is 56.9 Å². The number of nitrogens with one attached hydrogen (secondary N) is 1. The number of piperidine rings is 2. The van der Waals surface area contributed by atoms with E-state index >= 15 is 0 Å². The maximum Gasteiger partial charge on any atom is 0.224 e. The van der Waals surface area contributed by atoms with Crippen LogP contribution in [-0.4, -0.2) is 61.5 Å². The highest BCUT2D eigenvalue weighted by Crippen LogP contribution is 2.40. The minimum atomic E-state index is 0.152. The van der Waals surface area contributed by atoms with Gasteiger partial charge < -0.3 is 10.2 Å². The van der Waals surface area contributed by atoms with Gasteiger partial charge in [-0.25, -0.2) is 0 Å². The Morgan fingerprint density at radius 3 is 2.46 bits per heavy atom. The molecule has 1 unspecified atom stereocenters. The molecule has 1 saturated carbocycles. The molecule has 4 rings (SSSR count). The molecule has 0 aromatic heterocycles. The van der Waals surface area contributed by atoms with E-state index in [1.54, 1.807) is 0 Å².